The second-order valence-electron chi connectivity index (χ2n) is 5.81. The van der Waals surface area contributed by atoms with Gasteiger partial charge in [-0.25, -0.2) is 0 Å². The number of nitrogens with zero attached hydrogens (tertiary/aromatic N) is 3. The Labute approximate surface area is 136 Å². The zero-order valence-electron chi connectivity index (χ0n) is 13.6. The third-order valence-corrected chi connectivity index (χ3v) is 4.05. The first-order valence-corrected chi connectivity index (χ1v) is 8.05. The lowest BCUT2D eigenvalue weighted by Crippen LogP contribution is -2.30. The van der Waals surface area contributed by atoms with E-state index in [1.165, 1.54) is 6.42 Å². The van der Waals surface area contributed by atoms with Crippen molar-refractivity contribution < 1.29 is 9.47 Å². The highest BCUT2D eigenvalue weighted by Crippen LogP contribution is 2.31. The Kier molecular flexibility index (Phi) is 5.15. The summed E-state index contributed by atoms with van der Waals surface area (Å²) in [5.41, 5.74) is 8.61. The fourth-order valence-corrected chi connectivity index (χ4v) is 2.77. The minimum atomic E-state index is 0.623. The van der Waals surface area contributed by atoms with E-state index in [1.807, 2.05) is 36.0 Å². The molecule has 6 heteroatoms. The van der Waals surface area contributed by atoms with Gasteiger partial charge in [-0.2, -0.15) is 5.10 Å². The van der Waals surface area contributed by atoms with Crippen molar-refractivity contribution in [3.8, 4) is 17.0 Å². The molecule has 0 saturated carbocycles. The number of aromatic nitrogens is 2. The number of hydrogen-bond donors (Lipinski definition) is 1. The molecule has 0 radical (unpaired) electrons. The largest absolute Gasteiger partial charge is 0.492 e. The number of rotatable bonds is 5. The Balaban J connectivity index is 1.67. The standard InChI is InChI=1S/C17H24N4O2/c1-20-16(6-7-19-20)15-12-14(18)4-5-17(15)23-11-9-21-8-2-3-10-22-13-21/h4-7,12H,2-3,8-11,13,18H2,1H3. The van der Waals surface area contributed by atoms with Crippen LogP contribution < -0.4 is 10.5 Å². The molecule has 0 atom stereocenters. The van der Waals surface area contributed by atoms with E-state index in [9.17, 15) is 0 Å². The molecule has 1 fully saturated rings. The van der Waals surface area contributed by atoms with E-state index in [0.29, 0.717) is 13.3 Å². The molecule has 3 rings (SSSR count). The summed E-state index contributed by atoms with van der Waals surface area (Å²) in [6.45, 7) is 4.10. The summed E-state index contributed by atoms with van der Waals surface area (Å²) in [6, 6.07) is 7.69. The zero-order valence-corrected chi connectivity index (χ0v) is 13.6. The number of hydrogen-bond acceptors (Lipinski definition) is 5. The molecule has 2 heterocycles. The number of nitrogens with two attached hydrogens (primary N) is 1. The van der Waals surface area contributed by atoms with Crippen molar-refractivity contribution >= 4 is 5.69 Å². The Morgan fingerprint density at radius 2 is 2.22 bits per heavy atom. The van der Waals surface area contributed by atoms with Gasteiger partial charge in [0, 0.05) is 44.2 Å². The van der Waals surface area contributed by atoms with Crippen LogP contribution in [0, 0.1) is 0 Å². The molecule has 0 amide bonds. The highest BCUT2D eigenvalue weighted by Gasteiger charge is 2.12. The smallest absolute Gasteiger partial charge is 0.128 e. The number of nitrogen functional groups attached to an aromatic ring is 1. The third-order valence-electron chi connectivity index (χ3n) is 4.05. The van der Waals surface area contributed by atoms with Crippen LogP contribution in [0.3, 0.4) is 0 Å². The predicted molar refractivity (Wildman–Crippen MR) is 90.2 cm³/mol. The summed E-state index contributed by atoms with van der Waals surface area (Å²) < 4.78 is 13.4. The molecule has 124 valence electrons. The van der Waals surface area contributed by atoms with E-state index in [-0.39, 0.29) is 0 Å². The van der Waals surface area contributed by atoms with E-state index < -0.39 is 0 Å². The van der Waals surface area contributed by atoms with Crippen LogP contribution in [0.25, 0.3) is 11.3 Å². The molecular formula is C17H24N4O2. The van der Waals surface area contributed by atoms with Gasteiger partial charge in [-0.15, -0.1) is 0 Å². The summed E-state index contributed by atoms with van der Waals surface area (Å²) in [7, 11) is 1.91. The van der Waals surface area contributed by atoms with Crippen molar-refractivity contribution in [2.24, 2.45) is 7.05 Å². The van der Waals surface area contributed by atoms with E-state index in [0.717, 1.165) is 48.8 Å². The Bertz CT molecular complexity index is 633. The maximum Gasteiger partial charge on any atom is 0.128 e. The molecule has 6 nitrogen and oxygen atoms in total. The molecule has 1 aliphatic rings. The van der Waals surface area contributed by atoms with Crippen molar-refractivity contribution in [2.75, 3.05) is 38.8 Å². The number of ether oxygens (including phenoxy) is 2. The number of anilines is 1. The highest BCUT2D eigenvalue weighted by atomic mass is 16.5. The molecule has 1 aromatic heterocycles. The Morgan fingerprint density at radius 1 is 1.30 bits per heavy atom. The molecular weight excluding hydrogens is 292 g/mol. The summed E-state index contributed by atoms with van der Waals surface area (Å²) >= 11 is 0. The first-order chi connectivity index (χ1) is 11.2. The lowest BCUT2D eigenvalue weighted by molar-refractivity contribution is 0.0428. The molecule has 0 aliphatic carbocycles. The van der Waals surface area contributed by atoms with Gasteiger partial charge in [-0.1, -0.05) is 0 Å². The van der Waals surface area contributed by atoms with Gasteiger partial charge < -0.3 is 15.2 Å². The first kappa shape index (κ1) is 15.8. The fourth-order valence-electron chi connectivity index (χ4n) is 2.77. The van der Waals surface area contributed by atoms with E-state index in [4.69, 9.17) is 15.2 Å². The lowest BCUT2D eigenvalue weighted by Gasteiger charge is -2.20. The summed E-state index contributed by atoms with van der Waals surface area (Å²) in [5, 5.41) is 4.22. The molecule has 1 saturated heterocycles. The van der Waals surface area contributed by atoms with Crippen molar-refractivity contribution in [3.63, 3.8) is 0 Å². The minimum Gasteiger partial charge on any atom is -0.492 e. The summed E-state index contributed by atoms with van der Waals surface area (Å²) in [5.74, 6) is 0.832. The SMILES string of the molecule is Cn1nccc1-c1cc(N)ccc1OCCN1CCCCOC1. The number of aryl methyl sites for hydroxylation is 1. The Hall–Kier alpha value is -2.05. The average molecular weight is 316 g/mol. The fraction of sp³-hybridized carbons (Fsp3) is 0.471. The summed E-state index contributed by atoms with van der Waals surface area (Å²) in [6.07, 6.45) is 4.10. The second-order valence-corrected chi connectivity index (χ2v) is 5.81. The second kappa shape index (κ2) is 7.48. The highest BCUT2D eigenvalue weighted by molar-refractivity contribution is 5.71. The van der Waals surface area contributed by atoms with Gasteiger partial charge in [-0.05, 0) is 37.1 Å². The molecule has 23 heavy (non-hydrogen) atoms. The molecule has 0 bridgehead atoms. The normalized spacial score (nSPS) is 16.2. The molecule has 0 unspecified atom stereocenters. The van der Waals surface area contributed by atoms with Crippen LogP contribution in [0.4, 0.5) is 5.69 Å². The molecule has 1 aromatic carbocycles. The lowest BCUT2D eigenvalue weighted by atomic mass is 10.1. The van der Waals surface area contributed by atoms with E-state index in [2.05, 4.69) is 10.00 Å². The molecule has 1 aliphatic heterocycles. The average Bonchev–Trinajstić information content (AvgIpc) is 2.81. The van der Waals surface area contributed by atoms with Crippen LogP contribution in [0.15, 0.2) is 30.5 Å². The van der Waals surface area contributed by atoms with Gasteiger partial charge in [0.1, 0.15) is 12.4 Å². The molecule has 2 N–H and O–H groups in total. The minimum absolute atomic E-state index is 0.623. The van der Waals surface area contributed by atoms with Gasteiger partial charge in [0.25, 0.3) is 0 Å². The van der Waals surface area contributed by atoms with E-state index >= 15 is 0 Å². The number of benzene rings is 1. The van der Waals surface area contributed by atoms with Crippen LogP contribution in [0.5, 0.6) is 5.75 Å². The van der Waals surface area contributed by atoms with Gasteiger partial charge in [-0.3, -0.25) is 9.58 Å². The van der Waals surface area contributed by atoms with E-state index in [1.54, 1.807) is 6.20 Å². The van der Waals surface area contributed by atoms with Gasteiger partial charge in [0.2, 0.25) is 0 Å². The van der Waals surface area contributed by atoms with Gasteiger partial charge in [0.15, 0.2) is 0 Å². The predicted octanol–water partition coefficient (Wildman–Crippen LogP) is 2.12. The van der Waals surface area contributed by atoms with Gasteiger partial charge >= 0.3 is 0 Å². The quantitative estimate of drug-likeness (QED) is 0.856. The van der Waals surface area contributed by atoms with Crippen LogP contribution in [-0.2, 0) is 11.8 Å². The molecule has 0 spiro atoms. The zero-order chi connectivity index (χ0) is 16.1. The topological polar surface area (TPSA) is 65.5 Å². The van der Waals surface area contributed by atoms with Crippen LogP contribution in [0.2, 0.25) is 0 Å². The Morgan fingerprint density at radius 3 is 3.04 bits per heavy atom. The maximum atomic E-state index is 6.02. The van der Waals surface area contributed by atoms with Gasteiger partial charge in [0.05, 0.1) is 12.4 Å². The third kappa shape index (κ3) is 4.03. The van der Waals surface area contributed by atoms with Crippen LogP contribution in [-0.4, -0.2) is 47.7 Å². The molecule has 2 aromatic rings. The first-order valence-electron chi connectivity index (χ1n) is 8.05. The van der Waals surface area contributed by atoms with Crippen LogP contribution in [0.1, 0.15) is 12.8 Å². The van der Waals surface area contributed by atoms with Crippen molar-refractivity contribution in [2.45, 2.75) is 12.8 Å². The van der Waals surface area contributed by atoms with Crippen LogP contribution >= 0.6 is 0 Å². The van der Waals surface area contributed by atoms with Crippen molar-refractivity contribution in [1.82, 2.24) is 14.7 Å². The maximum absolute atomic E-state index is 6.02. The summed E-state index contributed by atoms with van der Waals surface area (Å²) in [4.78, 5) is 2.29. The van der Waals surface area contributed by atoms with Crippen molar-refractivity contribution in [3.05, 3.63) is 30.5 Å². The van der Waals surface area contributed by atoms with Crippen molar-refractivity contribution in [1.29, 1.82) is 0 Å². The monoisotopic (exact) mass is 316 g/mol.